The first-order valence-corrected chi connectivity index (χ1v) is 20.2. The Morgan fingerprint density at radius 2 is 1.14 bits per heavy atom. The standard InChI is InChI=1S/C44H74O7/c1-3-5-7-8-9-10-11-12-13-14-15-16-17-21-24-30-36-43(48)50-39-42(38-45)51-44(49)37-31-25-29-35-41(47)34-28-23-20-18-19-22-27-33-40(46)32-26-6-4-2/h6,19-20,22-23,26-29,33-35,40-42,45-47H,3-5,7-18,21,24-25,30-32,36-39H2,1-2H3/b22-19-,23-20-,26-6-,33-27+,34-28+,35-29-/t40-,41-,42-/m0/s1. The fourth-order valence-corrected chi connectivity index (χ4v) is 5.35. The second-order valence-corrected chi connectivity index (χ2v) is 13.4. The van der Waals surface area contributed by atoms with E-state index in [-0.39, 0.29) is 19.0 Å². The predicted molar refractivity (Wildman–Crippen MR) is 212 cm³/mol. The second-order valence-electron chi connectivity index (χ2n) is 13.4. The molecule has 0 amide bonds. The van der Waals surface area contributed by atoms with Gasteiger partial charge in [-0.2, -0.15) is 0 Å². The molecule has 0 bridgehead atoms. The third-order valence-electron chi connectivity index (χ3n) is 8.44. The van der Waals surface area contributed by atoms with Crippen molar-refractivity contribution in [1.82, 2.24) is 0 Å². The van der Waals surface area contributed by atoms with E-state index in [1.807, 2.05) is 48.6 Å². The van der Waals surface area contributed by atoms with Crippen molar-refractivity contribution in [2.45, 2.75) is 180 Å². The zero-order valence-corrected chi connectivity index (χ0v) is 32.3. The van der Waals surface area contributed by atoms with E-state index in [2.05, 4.69) is 13.8 Å². The molecule has 0 radical (unpaired) electrons. The summed E-state index contributed by atoms with van der Waals surface area (Å²) >= 11 is 0. The maximum Gasteiger partial charge on any atom is 0.306 e. The highest BCUT2D eigenvalue weighted by atomic mass is 16.6. The number of carbonyl (C=O) groups excluding carboxylic acids is 2. The zero-order valence-electron chi connectivity index (χ0n) is 32.3. The maximum atomic E-state index is 12.2. The molecule has 0 rings (SSSR count). The molecule has 0 saturated heterocycles. The van der Waals surface area contributed by atoms with E-state index in [1.54, 1.807) is 24.3 Å². The summed E-state index contributed by atoms with van der Waals surface area (Å²) in [7, 11) is 0. The van der Waals surface area contributed by atoms with Crippen molar-refractivity contribution < 1.29 is 34.4 Å². The van der Waals surface area contributed by atoms with E-state index in [0.717, 1.165) is 32.1 Å². The van der Waals surface area contributed by atoms with Crippen LogP contribution in [0.2, 0.25) is 0 Å². The number of aliphatic hydroxyl groups excluding tert-OH is 3. The Balaban J connectivity index is 3.83. The van der Waals surface area contributed by atoms with Crippen LogP contribution in [0.4, 0.5) is 0 Å². The topological polar surface area (TPSA) is 113 Å². The lowest BCUT2D eigenvalue weighted by Crippen LogP contribution is -2.28. The van der Waals surface area contributed by atoms with Gasteiger partial charge in [0.1, 0.15) is 6.61 Å². The lowest BCUT2D eigenvalue weighted by atomic mass is 10.0. The molecule has 0 aromatic heterocycles. The molecule has 7 heteroatoms. The van der Waals surface area contributed by atoms with Crippen molar-refractivity contribution in [3.63, 3.8) is 0 Å². The van der Waals surface area contributed by atoms with Gasteiger partial charge in [0.25, 0.3) is 0 Å². The molecular weight excluding hydrogens is 640 g/mol. The van der Waals surface area contributed by atoms with Crippen molar-refractivity contribution >= 4 is 11.9 Å². The molecule has 3 atom stereocenters. The zero-order chi connectivity index (χ0) is 37.5. The van der Waals surface area contributed by atoms with Crippen molar-refractivity contribution in [3.05, 3.63) is 72.9 Å². The summed E-state index contributed by atoms with van der Waals surface area (Å²) in [5, 5.41) is 29.4. The molecule has 0 aliphatic rings. The molecule has 0 spiro atoms. The predicted octanol–water partition coefficient (Wildman–Crippen LogP) is 10.5. The van der Waals surface area contributed by atoms with Gasteiger partial charge in [0.05, 0.1) is 18.8 Å². The molecule has 51 heavy (non-hydrogen) atoms. The van der Waals surface area contributed by atoms with Crippen LogP contribution in [0.25, 0.3) is 0 Å². The number of unbranched alkanes of at least 4 members (excludes halogenated alkanes) is 16. The van der Waals surface area contributed by atoms with Crippen LogP contribution in [0.15, 0.2) is 72.9 Å². The second kappa shape index (κ2) is 38.5. The molecule has 0 aliphatic heterocycles. The summed E-state index contributed by atoms with van der Waals surface area (Å²) in [6.45, 7) is 3.79. The van der Waals surface area contributed by atoms with Gasteiger partial charge in [-0.15, -0.1) is 0 Å². The monoisotopic (exact) mass is 715 g/mol. The molecular formula is C44H74O7. The van der Waals surface area contributed by atoms with Gasteiger partial charge >= 0.3 is 11.9 Å². The van der Waals surface area contributed by atoms with Crippen LogP contribution in [0.1, 0.15) is 162 Å². The van der Waals surface area contributed by atoms with Crippen LogP contribution in [0, 0.1) is 0 Å². The summed E-state index contributed by atoms with van der Waals surface area (Å²) < 4.78 is 10.5. The van der Waals surface area contributed by atoms with E-state index < -0.39 is 30.9 Å². The minimum absolute atomic E-state index is 0.137. The molecule has 0 aromatic carbocycles. The van der Waals surface area contributed by atoms with Crippen LogP contribution in [-0.4, -0.2) is 58.8 Å². The molecule has 292 valence electrons. The number of carbonyl (C=O) groups is 2. The minimum atomic E-state index is -0.861. The molecule has 0 unspecified atom stereocenters. The van der Waals surface area contributed by atoms with Gasteiger partial charge in [0.2, 0.25) is 0 Å². The summed E-state index contributed by atoms with van der Waals surface area (Å²) in [6.07, 6.45) is 44.6. The van der Waals surface area contributed by atoms with Gasteiger partial charge in [0.15, 0.2) is 6.10 Å². The highest BCUT2D eigenvalue weighted by Crippen LogP contribution is 2.14. The first kappa shape index (κ1) is 48.3. The lowest BCUT2D eigenvalue weighted by Gasteiger charge is -2.15. The van der Waals surface area contributed by atoms with E-state index >= 15 is 0 Å². The number of ether oxygens (including phenoxy) is 2. The third kappa shape index (κ3) is 36.8. The van der Waals surface area contributed by atoms with E-state index in [9.17, 15) is 24.9 Å². The highest BCUT2D eigenvalue weighted by molar-refractivity contribution is 5.70. The van der Waals surface area contributed by atoms with E-state index in [1.165, 1.54) is 83.5 Å². The average Bonchev–Trinajstić information content (AvgIpc) is 3.12. The fraction of sp³-hybridized carbons (Fsp3) is 0.682. The third-order valence-corrected chi connectivity index (χ3v) is 8.44. The Kier molecular flexibility index (Phi) is 36.4. The summed E-state index contributed by atoms with van der Waals surface area (Å²) in [5.74, 6) is -0.775. The number of hydrogen-bond donors (Lipinski definition) is 3. The molecule has 0 saturated carbocycles. The number of aliphatic hydroxyl groups is 3. The van der Waals surface area contributed by atoms with Crippen LogP contribution in [0.5, 0.6) is 0 Å². The normalized spacial score (nSPS) is 14.2. The summed E-state index contributed by atoms with van der Waals surface area (Å²) in [4.78, 5) is 24.3. The molecule has 7 nitrogen and oxygen atoms in total. The molecule has 0 fully saturated rings. The Hall–Kier alpha value is -2.74. The lowest BCUT2D eigenvalue weighted by molar-refractivity contribution is -0.161. The molecule has 0 aliphatic carbocycles. The molecule has 0 heterocycles. The maximum absolute atomic E-state index is 12.2. The van der Waals surface area contributed by atoms with Crippen LogP contribution in [0.3, 0.4) is 0 Å². The SMILES string of the molecule is CC/C=C\C[C@H](O)/C=C/C=C\C/C=C\C=C\[C@H](O)/C=C\CCCC(=O)O[C@@H](CO)COC(=O)CCCCCCCCCCCCCCCCCC. The first-order valence-electron chi connectivity index (χ1n) is 20.2. The van der Waals surface area contributed by atoms with Crippen molar-refractivity contribution in [1.29, 1.82) is 0 Å². The molecule has 0 aromatic rings. The van der Waals surface area contributed by atoms with Crippen molar-refractivity contribution in [2.24, 2.45) is 0 Å². The largest absolute Gasteiger partial charge is 0.462 e. The van der Waals surface area contributed by atoms with Crippen molar-refractivity contribution in [3.8, 4) is 0 Å². The summed E-state index contributed by atoms with van der Waals surface area (Å²) in [6, 6.07) is 0. The van der Waals surface area contributed by atoms with Crippen LogP contribution >= 0.6 is 0 Å². The van der Waals surface area contributed by atoms with Gasteiger partial charge in [-0.25, -0.2) is 0 Å². The number of rotatable bonds is 35. The fourth-order valence-electron chi connectivity index (χ4n) is 5.35. The van der Waals surface area contributed by atoms with Gasteiger partial charge in [0, 0.05) is 12.8 Å². The highest BCUT2D eigenvalue weighted by Gasteiger charge is 2.16. The van der Waals surface area contributed by atoms with Gasteiger partial charge < -0.3 is 24.8 Å². The number of esters is 2. The quantitative estimate of drug-likeness (QED) is 0.0259. The Bertz CT molecular complexity index is 978. The first-order chi connectivity index (χ1) is 24.9. The summed E-state index contributed by atoms with van der Waals surface area (Å²) in [5.41, 5.74) is 0. The van der Waals surface area contributed by atoms with Gasteiger partial charge in [-0.3, -0.25) is 9.59 Å². The van der Waals surface area contributed by atoms with Gasteiger partial charge in [-0.05, 0) is 38.5 Å². The Morgan fingerprint density at radius 3 is 1.71 bits per heavy atom. The molecule has 3 N–H and O–H groups in total. The minimum Gasteiger partial charge on any atom is -0.462 e. The Labute approximate surface area is 311 Å². The van der Waals surface area contributed by atoms with E-state index in [4.69, 9.17) is 9.47 Å². The average molecular weight is 715 g/mol. The Morgan fingerprint density at radius 1 is 0.588 bits per heavy atom. The number of allylic oxidation sites excluding steroid dienone is 8. The van der Waals surface area contributed by atoms with Crippen LogP contribution < -0.4 is 0 Å². The van der Waals surface area contributed by atoms with E-state index in [0.29, 0.717) is 25.7 Å². The smallest absolute Gasteiger partial charge is 0.306 e. The number of hydrogen-bond acceptors (Lipinski definition) is 7. The van der Waals surface area contributed by atoms with Gasteiger partial charge in [-0.1, -0.05) is 183 Å². The van der Waals surface area contributed by atoms with Crippen LogP contribution in [-0.2, 0) is 19.1 Å². The van der Waals surface area contributed by atoms with Crippen molar-refractivity contribution in [2.75, 3.05) is 13.2 Å².